The van der Waals surface area contributed by atoms with E-state index in [4.69, 9.17) is 16.3 Å². The van der Waals surface area contributed by atoms with Crippen LogP contribution in [0.5, 0.6) is 5.75 Å². The summed E-state index contributed by atoms with van der Waals surface area (Å²) in [5.41, 5.74) is 0.890. The van der Waals surface area contributed by atoms with Crippen LogP contribution in [0.3, 0.4) is 0 Å². The zero-order chi connectivity index (χ0) is 20.7. The lowest BCUT2D eigenvalue weighted by atomic mass is 9.93. The summed E-state index contributed by atoms with van der Waals surface area (Å²) in [6, 6.07) is 9.63. The molecule has 0 saturated carbocycles. The first-order valence-electron chi connectivity index (χ1n) is 8.93. The molecule has 1 amide bonds. The molecule has 0 saturated heterocycles. The number of nitrogens with zero attached hydrogens (tertiary/aromatic N) is 1. The Morgan fingerprint density at radius 1 is 1.21 bits per heavy atom. The lowest BCUT2D eigenvalue weighted by Gasteiger charge is -2.26. The molecule has 3 rings (SSSR count). The van der Waals surface area contributed by atoms with Crippen LogP contribution in [0.4, 0.5) is 11.4 Å². The van der Waals surface area contributed by atoms with Crippen molar-refractivity contribution in [2.75, 3.05) is 22.8 Å². The van der Waals surface area contributed by atoms with Crippen LogP contribution in [0.25, 0.3) is 0 Å². The predicted octanol–water partition coefficient (Wildman–Crippen LogP) is 4.22. The third-order valence-electron chi connectivity index (χ3n) is 4.67. The Balaban J connectivity index is 1.98. The highest BCUT2D eigenvalue weighted by atomic mass is 35.5. The molecule has 0 spiro atoms. The molecule has 0 fully saturated rings. The first-order chi connectivity index (χ1) is 13.0. The van der Waals surface area contributed by atoms with Crippen molar-refractivity contribution >= 4 is 38.9 Å². The third-order valence-corrected chi connectivity index (χ3v) is 6.43. The van der Waals surface area contributed by atoms with Gasteiger partial charge < -0.3 is 9.64 Å². The van der Waals surface area contributed by atoms with Crippen LogP contribution in [0.15, 0.2) is 41.3 Å². The Morgan fingerprint density at radius 3 is 2.61 bits per heavy atom. The summed E-state index contributed by atoms with van der Waals surface area (Å²) in [5.74, 6) is 0.431. The zero-order valence-corrected chi connectivity index (χ0v) is 17.8. The van der Waals surface area contributed by atoms with Gasteiger partial charge in [-0.25, -0.2) is 8.42 Å². The van der Waals surface area contributed by atoms with E-state index in [2.05, 4.69) is 4.72 Å². The Labute approximate surface area is 170 Å². The molecule has 1 heterocycles. The fraction of sp³-hybridized carbons (Fsp3) is 0.350. The number of hydrogen-bond acceptors (Lipinski definition) is 4. The SMILES string of the molecule is CCN1C(=O)C(C)(C)COc2cc(NS(=O)(=O)c3cc(Cl)ccc3C)ccc21. The molecule has 2 aromatic carbocycles. The minimum atomic E-state index is -3.83. The molecule has 1 N–H and O–H groups in total. The number of halogens is 1. The number of carbonyl (C=O) groups excluding carboxylic acids is 1. The van der Waals surface area contributed by atoms with Gasteiger partial charge in [-0.1, -0.05) is 17.7 Å². The molecule has 8 heteroatoms. The van der Waals surface area contributed by atoms with Gasteiger partial charge in [0.1, 0.15) is 12.4 Å². The van der Waals surface area contributed by atoms with Crippen molar-refractivity contribution in [3.63, 3.8) is 0 Å². The number of hydrogen-bond donors (Lipinski definition) is 1. The Kier molecular flexibility index (Phi) is 5.34. The molecule has 0 aromatic heterocycles. The minimum Gasteiger partial charge on any atom is -0.490 e. The predicted molar refractivity (Wildman–Crippen MR) is 111 cm³/mol. The van der Waals surface area contributed by atoms with Crippen LogP contribution in [0, 0.1) is 12.3 Å². The summed E-state index contributed by atoms with van der Waals surface area (Å²) in [6.45, 7) is 7.95. The number of benzene rings is 2. The van der Waals surface area contributed by atoms with Crippen molar-refractivity contribution in [3.05, 3.63) is 47.0 Å². The van der Waals surface area contributed by atoms with E-state index in [-0.39, 0.29) is 17.4 Å². The van der Waals surface area contributed by atoms with Crippen LogP contribution in [-0.4, -0.2) is 27.5 Å². The van der Waals surface area contributed by atoms with E-state index in [1.807, 2.05) is 20.8 Å². The molecular formula is C20H23ClN2O4S. The highest BCUT2D eigenvalue weighted by molar-refractivity contribution is 7.92. The number of rotatable bonds is 4. The number of fused-ring (bicyclic) bond motifs is 1. The molecule has 1 aliphatic rings. The molecule has 1 aliphatic heterocycles. The van der Waals surface area contributed by atoms with Gasteiger partial charge in [0.25, 0.3) is 10.0 Å². The number of sulfonamides is 1. The van der Waals surface area contributed by atoms with Crippen molar-refractivity contribution in [1.29, 1.82) is 0 Å². The number of aryl methyl sites for hydroxylation is 1. The quantitative estimate of drug-likeness (QED) is 0.800. The molecule has 0 unspecified atom stereocenters. The smallest absolute Gasteiger partial charge is 0.262 e. The van der Waals surface area contributed by atoms with Crippen LogP contribution in [-0.2, 0) is 14.8 Å². The summed E-state index contributed by atoms with van der Waals surface area (Å²) < 4.78 is 34.0. The summed E-state index contributed by atoms with van der Waals surface area (Å²) in [7, 11) is -3.83. The molecule has 0 atom stereocenters. The second kappa shape index (κ2) is 7.29. The largest absolute Gasteiger partial charge is 0.490 e. The first kappa shape index (κ1) is 20.5. The maximum Gasteiger partial charge on any atom is 0.262 e. The highest BCUT2D eigenvalue weighted by Gasteiger charge is 2.37. The molecule has 0 bridgehead atoms. The van der Waals surface area contributed by atoms with E-state index >= 15 is 0 Å². The first-order valence-corrected chi connectivity index (χ1v) is 10.8. The van der Waals surface area contributed by atoms with Gasteiger partial charge in [-0.2, -0.15) is 0 Å². The van der Waals surface area contributed by atoms with Crippen LogP contribution < -0.4 is 14.4 Å². The third kappa shape index (κ3) is 3.82. The fourth-order valence-electron chi connectivity index (χ4n) is 3.10. The van der Waals surface area contributed by atoms with Crippen LogP contribution in [0.1, 0.15) is 26.3 Å². The molecular weight excluding hydrogens is 400 g/mol. The van der Waals surface area contributed by atoms with Gasteiger partial charge in [0.2, 0.25) is 5.91 Å². The molecule has 0 aliphatic carbocycles. The summed E-state index contributed by atoms with van der Waals surface area (Å²) >= 11 is 5.96. The average Bonchev–Trinajstić information content (AvgIpc) is 2.72. The van der Waals surface area contributed by atoms with E-state index in [0.717, 1.165) is 0 Å². The maximum atomic E-state index is 12.8. The number of anilines is 2. The van der Waals surface area contributed by atoms with Crippen molar-refractivity contribution in [2.45, 2.75) is 32.6 Å². The zero-order valence-electron chi connectivity index (χ0n) is 16.2. The fourth-order valence-corrected chi connectivity index (χ4v) is 4.66. The van der Waals surface area contributed by atoms with Gasteiger partial charge in [-0.05, 0) is 57.5 Å². The normalized spacial score (nSPS) is 16.2. The standard InChI is InChI=1S/C20H23ClN2O4S/c1-5-23-16-9-8-15(11-17(16)27-12-20(3,4)19(23)24)22-28(25,26)18-10-14(21)7-6-13(18)2/h6-11,22H,5,12H2,1-4H3. The summed E-state index contributed by atoms with van der Waals surface area (Å²) in [4.78, 5) is 14.5. The topological polar surface area (TPSA) is 75.7 Å². The molecule has 28 heavy (non-hydrogen) atoms. The second-order valence-corrected chi connectivity index (χ2v) is 9.51. The van der Waals surface area contributed by atoms with E-state index in [0.29, 0.717) is 34.3 Å². The van der Waals surface area contributed by atoms with Crippen molar-refractivity contribution in [1.82, 2.24) is 0 Å². The van der Waals surface area contributed by atoms with Gasteiger partial charge in [-0.15, -0.1) is 0 Å². The van der Waals surface area contributed by atoms with Gasteiger partial charge in [0.15, 0.2) is 0 Å². The molecule has 150 valence electrons. The lowest BCUT2D eigenvalue weighted by molar-refractivity contribution is -0.127. The maximum absolute atomic E-state index is 12.8. The number of nitrogens with one attached hydrogen (secondary N) is 1. The number of carbonyl (C=O) groups is 1. The Morgan fingerprint density at radius 2 is 1.93 bits per heavy atom. The number of ether oxygens (including phenoxy) is 1. The monoisotopic (exact) mass is 422 g/mol. The van der Waals surface area contributed by atoms with Crippen LogP contribution >= 0.6 is 11.6 Å². The Bertz CT molecular complexity index is 1030. The second-order valence-electron chi connectivity index (χ2n) is 7.42. The van der Waals surface area contributed by atoms with Crippen molar-refractivity contribution in [2.24, 2.45) is 5.41 Å². The van der Waals surface area contributed by atoms with Gasteiger partial charge in [0, 0.05) is 17.6 Å². The lowest BCUT2D eigenvalue weighted by Crippen LogP contribution is -2.42. The van der Waals surface area contributed by atoms with E-state index in [9.17, 15) is 13.2 Å². The summed E-state index contributed by atoms with van der Waals surface area (Å²) in [5, 5.41) is 0.343. The molecule has 6 nitrogen and oxygen atoms in total. The van der Waals surface area contributed by atoms with Gasteiger partial charge in [-0.3, -0.25) is 9.52 Å². The number of amides is 1. The van der Waals surface area contributed by atoms with Gasteiger partial charge in [0.05, 0.1) is 21.7 Å². The van der Waals surface area contributed by atoms with Crippen molar-refractivity contribution in [3.8, 4) is 5.75 Å². The molecule has 0 radical (unpaired) electrons. The van der Waals surface area contributed by atoms with E-state index in [1.54, 1.807) is 42.2 Å². The van der Waals surface area contributed by atoms with Crippen molar-refractivity contribution < 1.29 is 17.9 Å². The van der Waals surface area contributed by atoms with E-state index < -0.39 is 15.4 Å². The highest BCUT2D eigenvalue weighted by Crippen LogP contribution is 2.38. The molecule has 2 aromatic rings. The van der Waals surface area contributed by atoms with Crippen LogP contribution in [0.2, 0.25) is 5.02 Å². The minimum absolute atomic E-state index is 0.0309. The summed E-state index contributed by atoms with van der Waals surface area (Å²) in [6.07, 6.45) is 0. The van der Waals surface area contributed by atoms with E-state index in [1.165, 1.54) is 6.07 Å². The van der Waals surface area contributed by atoms with Gasteiger partial charge >= 0.3 is 0 Å². The average molecular weight is 423 g/mol. The Hall–Kier alpha value is -2.25.